The van der Waals surface area contributed by atoms with Crippen molar-refractivity contribution in [2.45, 2.75) is 6.92 Å². The number of rotatable bonds is 4. The molecular formula is C12H16N2O. The van der Waals surface area contributed by atoms with Gasteiger partial charge in [0.25, 0.3) is 0 Å². The van der Waals surface area contributed by atoms with E-state index in [1.54, 1.807) is 0 Å². The third-order valence-electron chi connectivity index (χ3n) is 1.98. The van der Waals surface area contributed by atoms with E-state index in [0.717, 1.165) is 11.3 Å². The van der Waals surface area contributed by atoms with Gasteiger partial charge >= 0.3 is 0 Å². The van der Waals surface area contributed by atoms with E-state index in [2.05, 4.69) is 10.6 Å². The van der Waals surface area contributed by atoms with Crippen molar-refractivity contribution in [2.24, 2.45) is 0 Å². The molecule has 1 aromatic rings. The Morgan fingerprint density at radius 1 is 1.33 bits per heavy atom. The summed E-state index contributed by atoms with van der Waals surface area (Å²) in [7, 11) is 1.89. The highest BCUT2D eigenvalue weighted by Gasteiger charge is 1.88. The van der Waals surface area contributed by atoms with Gasteiger partial charge in [-0.2, -0.15) is 0 Å². The first-order valence-corrected chi connectivity index (χ1v) is 4.91. The van der Waals surface area contributed by atoms with Gasteiger partial charge in [0, 0.05) is 26.2 Å². The van der Waals surface area contributed by atoms with Crippen molar-refractivity contribution in [1.29, 1.82) is 0 Å². The molecule has 3 nitrogen and oxygen atoms in total. The molecule has 3 heteroatoms. The molecule has 80 valence electrons. The number of nitrogens with one attached hydrogen (secondary N) is 2. The molecule has 15 heavy (non-hydrogen) atoms. The minimum atomic E-state index is -0.00909. The Balaban J connectivity index is 2.46. The molecule has 0 saturated carbocycles. The van der Waals surface area contributed by atoms with Crippen LogP contribution in [0.15, 0.2) is 30.3 Å². The van der Waals surface area contributed by atoms with Crippen molar-refractivity contribution in [3.63, 3.8) is 0 Å². The Kier molecular flexibility index (Phi) is 4.41. The highest BCUT2D eigenvalue weighted by Crippen LogP contribution is 2.09. The fourth-order valence-electron chi connectivity index (χ4n) is 1.16. The Morgan fingerprint density at radius 2 is 2.00 bits per heavy atom. The molecule has 0 unspecified atom stereocenters. The van der Waals surface area contributed by atoms with Crippen LogP contribution in [-0.4, -0.2) is 19.5 Å². The lowest BCUT2D eigenvalue weighted by Gasteiger charge is -1.99. The van der Waals surface area contributed by atoms with Crippen LogP contribution in [0.1, 0.15) is 12.5 Å². The monoisotopic (exact) mass is 204 g/mol. The van der Waals surface area contributed by atoms with Crippen molar-refractivity contribution in [2.75, 3.05) is 18.9 Å². The summed E-state index contributed by atoms with van der Waals surface area (Å²) < 4.78 is 0. The molecule has 0 atom stereocenters. The summed E-state index contributed by atoms with van der Waals surface area (Å²) >= 11 is 0. The summed E-state index contributed by atoms with van der Waals surface area (Å²) in [6.45, 7) is 2.08. The summed E-state index contributed by atoms with van der Waals surface area (Å²) in [6.07, 6.45) is 3.91. The Morgan fingerprint density at radius 3 is 2.53 bits per heavy atom. The van der Waals surface area contributed by atoms with Crippen LogP contribution in [0.4, 0.5) is 5.69 Å². The maximum Gasteiger partial charge on any atom is 0.217 e. The molecular weight excluding hydrogens is 188 g/mol. The fraction of sp³-hybridized carbons (Fsp3) is 0.250. The van der Waals surface area contributed by atoms with Crippen LogP contribution in [0.5, 0.6) is 0 Å². The van der Waals surface area contributed by atoms with E-state index in [0.29, 0.717) is 6.54 Å². The van der Waals surface area contributed by atoms with E-state index in [1.807, 2.05) is 43.5 Å². The van der Waals surface area contributed by atoms with Crippen molar-refractivity contribution >= 4 is 17.7 Å². The molecule has 1 aromatic carbocycles. The minimum Gasteiger partial charge on any atom is -0.388 e. The first-order valence-electron chi connectivity index (χ1n) is 4.91. The zero-order chi connectivity index (χ0) is 11.1. The summed E-state index contributed by atoms with van der Waals surface area (Å²) in [5.74, 6) is -0.00909. The maximum absolute atomic E-state index is 10.6. The topological polar surface area (TPSA) is 41.1 Å². The van der Waals surface area contributed by atoms with Gasteiger partial charge in [-0.1, -0.05) is 24.3 Å². The first kappa shape index (κ1) is 11.3. The van der Waals surface area contributed by atoms with Gasteiger partial charge < -0.3 is 10.6 Å². The molecule has 0 saturated heterocycles. The summed E-state index contributed by atoms with van der Waals surface area (Å²) in [5, 5.41) is 5.76. The fourth-order valence-corrected chi connectivity index (χ4v) is 1.16. The molecule has 0 aliphatic carbocycles. The van der Waals surface area contributed by atoms with Crippen LogP contribution in [0.2, 0.25) is 0 Å². The Labute approximate surface area is 90.2 Å². The summed E-state index contributed by atoms with van der Waals surface area (Å²) in [5.41, 5.74) is 2.22. The molecule has 0 aliphatic rings. The predicted molar refractivity (Wildman–Crippen MR) is 63.7 cm³/mol. The van der Waals surface area contributed by atoms with E-state index in [9.17, 15) is 4.79 Å². The summed E-state index contributed by atoms with van der Waals surface area (Å²) in [6, 6.07) is 8.07. The molecule has 0 radical (unpaired) electrons. The second kappa shape index (κ2) is 5.86. The largest absolute Gasteiger partial charge is 0.388 e. The van der Waals surface area contributed by atoms with Gasteiger partial charge in [-0.25, -0.2) is 0 Å². The SMILES string of the molecule is CNc1ccc(C=CCNC(C)=O)cc1. The van der Waals surface area contributed by atoms with Crippen molar-refractivity contribution in [1.82, 2.24) is 5.32 Å². The first-order chi connectivity index (χ1) is 7.22. The van der Waals surface area contributed by atoms with Crippen molar-refractivity contribution in [3.05, 3.63) is 35.9 Å². The third kappa shape index (κ3) is 4.31. The number of amides is 1. The predicted octanol–water partition coefficient (Wildman–Crippen LogP) is 1.88. The molecule has 1 rings (SSSR count). The van der Waals surface area contributed by atoms with Crippen LogP contribution < -0.4 is 10.6 Å². The molecule has 0 spiro atoms. The maximum atomic E-state index is 10.6. The van der Waals surface area contributed by atoms with E-state index in [1.165, 1.54) is 6.92 Å². The minimum absolute atomic E-state index is 0.00909. The van der Waals surface area contributed by atoms with Gasteiger partial charge in [-0.05, 0) is 17.7 Å². The third-order valence-corrected chi connectivity index (χ3v) is 1.98. The standard InChI is InChI=1S/C12H16N2O/c1-10(15)14-9-3-4-11-5-7-12(13-2)8-6-11/h3-8,13H,9H2,1-2H3,(H,14,15). The van der Waals surface area contributed by atoms with Gasteiger partial charge in [-0.3, -0.25) is 4.79 Å². The van der Waals surface area contributed by atoms with Gasteiger partial charge in [0.1, 0.15) is 0 Å². The molecule has 0 heterocycles. The van der Waals surface area contributed by atoms with E-state index in [4.69, 9.17) is 0 Å². The van der Waals surface area contributed by atoms with Crippen LogP contribution in [0, 0.1) is 0 Å². The average Bonchev–Trinajstić information content (AvgIpc) is 2.25. The number of carbonyl (C=O) groups is 1. The van der Waals surface area contributed by atoms with Crippen LogP contribution in [0.3, 0.4) is 0 Å². The van der Waals surface area contributed by atoms with Gasteiger partial charge in [0.05, 0.1) is 0 Å². The number of hydrogen-bond donors (Lipinski definition) is 2. The Bertz CT molecular complexity index is 341. The van der Waals surface area contributed by atoms with E-state index in [-0.39, 0.29) is 5.91 Å². The van der Waals surface area contributed by atoms with Crippen molar-refractivity contribution in [3.8, 4) is 0 Å². The molecule has 0 aliphatic heterocycles. The molecule has 0 bridgehead atoms. The average molecular weight is 204 g/mol. The van der Waals surface area contributed by atoms with Crippen LogP contribution in [-0.2, 0) is 4.79 Å². The second-order valence-electron chi connectivity index (χ2n) is 3.21. The van der Waals surface area contributed by atoms with Gasteiger partial charge in [0.2, 0.25) is 5.91 Å². The van der Waals surface area contributed by atoms with Crippen molar-refractivity contribution < 1.29 is 4.79 Å². The van der Waals surface area contributed by atoms with E-state index >= 15 is 0 Å². The second-order valence-corrected chi connectivity index (χ2v) is 3.21. The quantitative estimate of drug-likeness (QED) is 0.786. The zero-order valence-electron chi connectivity index (χ0n) is 9.08. The highest BCUT2D eigenvalue weighted by atomic mass is 16.1. The lowest BCUT2D eigenvalue weighted by Crippen LogP contribution is -2.19. The number of carbonyl (C=O) groups excluding carboxylic acids is 1. The van der Waals surface area contributed by atoms with Crippen LogP contribution >= 0.6 is 0 Å². The smallest absolute Gasteiger partial charge is 0.217 e. The van der Waals surface area contributed by atoms with Gasteiger partial charge in [0.15, 0.2) is 0 Å². The Hall–Kier alpha value is -1.77. The normalized spacial score (nSPS) is 10.3. The molecule has 1 amide bonds. The number of hydrogen-bond acceptors (Lipinski definition) is 2. The number of anilines is 1. The zero-order valence-corrected chi connectivity index (χ0v) is 9.08. The van der Waals surface area contributed by atoms with Crippen LogP contribution in [0.25, 0.3) is 6.08 Å². The number of benzene rings is 1. The lowest BCUT2D eigenvalue weighted by molar-refractivity contribution is -0.118. The summed E-state index contributed by atoms with van der Waals surface area (Å²) in [4.78, 5) is 10.6. The highest BCUT2D eigenvalue weighted by molar-refractivity contribution is 5.73. The molecule has 2 N–H and O–H groups in total. The van der Waals surface area contributed by atoms with E-state index < -0.39 is 0 Å². The molecule has 0 aromatic heterocycles. The lowest BCUT2D eigenvalue weighted by atomic mass is 10.2. The van der Waals surface area contributed by atoms with Gasteiger partial charge in [-0.15, -0.1) is 0 Å². The molecule has 0 fully saturated rings.